The second kappa shape index (κ2) is 8.55. The van der Waals surface area contributed by atoms with Crippen LogP contribution < -0.4 is 5.32 Å². The van der Waals surface area contributed by atoms with Crippen molar-refractivity contribution in [1.29, 1.82) is 0 Å². The Bertz CT molecular complexity index is 696. The van der Waals surface area contributed by atoms with Gasteiger partial charge in [-0.15, -0.1) is 11.8 Å². The molecule has 5 heteroatoms. The number of amides is 1. The molecule has 0 fully saturated rings. The maximum Gasteiger partial charge on any atom is 0.319 e. The third-order valence-corrected chi connectivity index (χ3v) is 4.57. The van der Waals surface area contributed by atoms with Gasteiger partial charge in [0.25, 0.3) is 5.91 Å². The van der Waals surface area contributed by atoms with Gasteiger partial charge in [-0.3, -0.25) is 9.59 Å². The molecule has 0 radical (unpaired) electrons. The number of hydrogen-bond acceptors (Lipinski definition) is 4. The van der Waals surface area contributed by atoms with Crippen molar-refractivity contribution >= 4 is 29.3 Å². The summed E-state index contributed by atoms with van der Waals surface area (Å²) < 4.78 is 5.12. The van der Waals surface area contributed by atoms with Crippen molar-refractivity contribution in [2.45, 2.75) is 30.9 Å². The first kappa shape index (κ1) is 18.1. The third-order valence-electron chi connectivity index (χ3n) is 3.48. The zero-order valence-corrected chi connectivity index (χ0v) is 14.9. The number of carbonyl (C=O) groups excluding carboxylic acids is 2. The van der Waals surface area contributed by atoms with Crippen LogP contribution >= 0.6 is 11.8 Å². The molecule has 4 nitrogen and oxygen atoms in total. The highest BCUT2D eigenvalue weighted by Gasteiger charge is 2.17. The van der Waals surface area contributed by atoms with Gasteiger partial charge in [-0.2, -0.15) is 0 Å². The number of benzene rings is 2. The van der Waals surface area contributed by atoms with Crippen molar-refractivity contribution in [1.82, 2.24) is 0 Å². The number of aryl methyl sites for hydroxylation is 2. The van der Waals surface area contributed by atoms with Gasteiger partial charge >= 0.3 is 5.97 Å². The van der Waals surface area contributed by atoms with E-state index in [2.05, 4.69) is 5.32 Å². The van der Waals surface area contributed by atoms with E-state index in [-0.39, 0.29) is 17.8 Å². The molecule has 0 spiro atoms. The molecule has 1 atom stereocenters. The van der Waals surface area contributed by atoms with Crippen LogP contribution in [0.3, 0.4) is 0 Å². The second-order valence-electron chi connectivity index (χ2n) is 5.50. The van der Waals surface area contributed by atoms with Crippen molar-refractivity contribution in [2.24, 2.45) is 0 Å². The van der Waals surface area contributed by atoms with Crippen molar-refractivity contribution in [3.05, 3.63) is 59.7 Å². The normalized spacial score (nSPS) is 11.6. The molecule has 0 aliphatic heterocycles. The number of esters is 1. The number of para-hydroxylation sites is 1. The van der Waals surface area contributed by atoms with Crippen LogP contribution in [0.5, 0.6) is 0 Å². The average molecular weight is 343 g/mol. The Labute approximate surface area is 146 Å². The van der Waals surface area contributed by atoms with Crippen molar-refractivity contribution in [2.75, 3.05) is 11.9 Å². The Morgan fingerprint density at radius 2 is 1.67 bits per heavy atom. The summed E-state index contributed by atoms with van der Waals surface area (Å²) in [6, 6.07) is 15.4. The molecule has 0 saturated carbocycles. The number of rotatable bonds is 6. The Morgan fingerprint density at radius 3 is 2.29 bits per heavy atom. The van der Waals surface area contributed by atoms with Crippen molar-refractivity contribution < 1.29 is 14.3 Å². The first-order chi connectivity index (χ1) is 11.5. The lowest BCUT2D eigenvalue weighted by molar-refractivity contribution is -0.146. The average Bonchev–Trinajstić information content (AvgIpc) is 2.57. The minimum atomic E-state index is -0.402. The molecule has 0 bridgehead atoms. The van der Waals surface area contributed by atoms with Gasteiger partial charge in [0, 0.05) is 10.6 Å². The smallest absolute Gasteiger partial charge is 0.319 e. The third kappa shape index (κ3) is 5.13. The van der Waals surface area contributed by atoms with E-state index in [1.165, 1.54) is 11.8 Å². The van der Waals surface area contributed by atoms with Crippen LogP contribution in [0.1, 0.15) is 18.1 Å². The summed E-state index contributed by atoms with van der Waals surface area (Å²) >= 11 is 1.41. The highest BCUT2D eigenvalue weighted by molar-refractivity contribution is 8.00. The first-order valence-corrected chi connectivity index (χ1v) is 8.59. The van der Waals surface area contributed by atoms with E-state index in [1.807, 2.05) is 62.4 Å². The van der Waals surface area contributed by atoms with Gasteiger partial charge in [0.15, 0.2) is 6.61 Å². The minimum Gasteiger partial charge on any atom is -0.455 e. The predicted octanol–water partition coefficient (Wildman–Crippen LogP) is 3.97. The van der Waals surface area contributed by atoms with Crippen LogP contribution in [0.4, 0.5) is 5.69 Å². The lowest BCUT2D eigenvalue weighted by Gasteiger charge is -2.13. The van der Waals surface area contributed by atoms with E-state index in [4.69, 9.17) is 4.74 Å². The molecule has 2 rings (SSSR count). The maximum atomic E-state index is 12.0. The Balaban J connectivity index is 1.84. The van der Waals surface area contributed by atoms with Crippen LogP contribution in [0, 0.1) is 13.8 Å². The largest absolute Gasteiger partial charge is 0.455 e. The SMILES string of the molecule is Cc1cccc(C)c1NC(=O)COC(=O)[C@@H](C)Sc1ccccc1. The minimum absolute atomic E-state index is 0.285. The molecular formula is C19H21NO3S. The number of carbonyl (C=O) groups is 2. The fourth-order valence-corrected chi connectivity index (χ4v) is 3.08. The molecule has 1 N–H and O–H groups in total. The quantitative estimate of drug-likeness (QED) is 0.637. The summed E-state index contributed by atoms with van der Waals surface area (Å²) in [7, 11) is 0. The van der Waals surface area contributed by atoms with E-state index in [1.54, 1.807) is 6.92 Å². The van der Waals surface area contributed by atoms with Crippen molar-refractivity contribution in [3.63, 3.8) is 0 Å². The Hall–Kier alpha value is -2.27. The van der Waals surface area contributed by atoms with Gasteiger partial charge in [-0.1, -0.05) is 36.4 Å². The molecule has 0 aliphatic rings. The number of nitrogens with one attached hydrogen (secondary N) is 1. The van der Waals surface area contributed by atoms with Gasteiger partial charge in [0.2, 0.25) is 0 Å². The number of thioether (sulfide) groups is 1. The zero-order chi connectivity index (χ0) is 17.5. The van der Waals surface area contributed by atoms with Crippen molar-refractivity contribution in [3.8, 4) is 0 Å². The summed E-state index contributed by atoms with van der Waals surface area (Å²) in [6.07, 6.45) is 0. The van der Waals surface area contributed by atoms with E-state index in [9.17, 15) is 9.59 Å². The molecule has 2 aromatic carbocycles. The number of ether oxygens (including phenoxy) is 1. The Morgan fingerprint density at radius 1 is 1.04 bits per heavy atom. The molecule has 2 aromatic rings. The fourth-order valence-electron chi connectivity index (χ4n) is 2.19. The van der Waals surface area contributed by atoms with E-state index >= 15 is 0 Å². The molecule has 0 heterocycles. The molecule has 0 aliphatic carbocycles. The highest BCUT2D eigenvalue weighted by atomic mass is 32.2. The molecule has 24 heavy (non-hydrogen) atoms. The maximum absolute atomic E-state index is 12.0. The summed E-state index contributed by atoms with van der Waals surface area (Å²) in [5.41, 5.74) is 2.72. The second-order valence-corrected chi connectivity index (χ2v) is 6.91. The molecular weight excluding hydrogens is 322 g/mol. The molecule has 0 aromatic heterocycles. The van der Waals surface area contributed by atoms with Crippen LogP contribution in [0.15, 0.2) is 53.4 Å². The molecule has 126 valence electrons. The summed E-state index contributed by atoms with van der Waals surface area (Å²) in [4.78, 5) is 25.0. The lowest BCUT2D eigenvalue weighted by atomic mass is 10.1. The topological polar surface area (TPSA) is 55.4 Å². The summed E-state index contributed by atoms with van der Waals surface area (Å²) in [5, 5.41) is 2.42. The van der Waals surface area contributed by atoms with Crippen LogP contribution in [0.2, 0.25) is 0 Å². The zero-order valence-electron chi connectivity index (χ0n) is 14.0. The molecule has 0 unspecified atom stereocenters. The molecule has 1 amide bonds. The number of hydrogen-bond donors (Lipinski definition) is 1. The summed E-state index contributed by atoms with van der Waals surface area (Å²) in [5.74, 6) is -0.738. The van der Waals surface area contributed by atoms with Crippen LogP contribution in [-0.2, 0) is 14.3 Å². The monoisotopic (exact) mass is 343 g/mol. The van der Waals surface area contributed by atoms with Gasteiger partial charge in [0.1, 0.15) is 5.25 Å². The van der Waals surface area contributed by atoms with Gasteiger partial charge in [-0.25, -0.2) is 0 Å². The fraction of sp³-hybridized carbons (Fsp3) is 0.263. The lowest BCUT2D eigenvalue weighted by Crippen LogP contribution is -2.25. The number of anilines is 1. The predicted molar refractivity (Wildman–Crippen MR) is 97.3 cm³/mol. The van der Waals surface area contributed by atoms with Crippen LogP contribution in [-0.4, -0.2) is 23.7 Å². The van der Waals surface area contributed by atoms with Crippen LogP contribution in [0.25, 0.3) is 0 Å². The standard InChI is InChI=1S/C19H21NO3S/c1-13-8-7-9-14(2)18(13)20-17(21)12-23-19(22)15(3)24-16-10-5-4-6-11-16/h4-11,15H,12H2,1-3H3,(H,20,21)/t15-/m1/s1. The van der Waals surface area contributed by atoms with E-state index in [0.717, 1.165) is 21.7 Å². The first-order valence-electron chi connectivity index (χ1n) is 7.72. The molecule has 0 saturated heterocycles. The van der Waals surface area contributed by atoms with Gasteiger partial charge in [0.05, 0.1) is 0 Å². The van der Waals surface area contributed by atoms with E-state index in [0.29, 0.717) is 0 Å². The highest BCUT2D eigenvalue weighted by Crippen LogP contribution is 2.23. The van der Waals surface area contributed by atoms with Gasteiger partial charge in [-0.05, 0) is 44.0 Å². The Kier molecular flexibility index (Phi) is 6.44. The summed E-state index contributed by atoms with van der Waals surface area (Å²) in [6.45, 7) is 5.33. The van der Waals surface area contributed by atoms with E-state index < -0.39 is 5.97 Å². The van der Waals surface area contributed by atoms with Gasteiger partial charge < -0.3 is 10.1 Å².